The van der Waals surface area contributed by atoms with Gasteiger partial charge in [0.1, 0.15) is 12.4 Å². The monoisotopic (exact) mass is 472 g/mol. The Labute approximate surface area is 193 Å². The zero-order chi connectivity index (χ0) is 24.8. The highest BCUT2D eigenvalue weighted by Crippen LogP contribution is 2.34. The van der Waals surface area contributed by atoms with Crippen LogP contribution in [0.5, 0.6) is 0 Å². The highest BCUT2D eigenvalue weighted by atomic mass is 19.4. The van der Waals surface area contributed by atoms with Gasteiger partial charge in [0.05, 0.1) is 35.4 Å². The highest BCUT2D eigenvalue weighted by Gasteiger charge is 2.34. The number of carbonyl (C=O) groups is 2. The maximum atomic E-state index is 13.0. The summed E-state index contributed by atoms with van der Waals surface area (Å²) in [6.07, 6.45) is -0.439. The van der Waals surface area contributed by atoms with Crippen molar-refractivity contribution in [3.63, 3.8) is 0 Å². The lowest BCUT2D eigenvalue weighted by molar-refractivity contribution is -0.142. The van der Waals surface area contributed by atoms with E-state index in [4.69, 9.17) is 0 Å². The number of pyridine rings is 2. The van der Waals surface area contributed by atoms with Crippen LogP contribution >= 0.6 is 0 Å². The molecule has 0 saturated heterocycles. The molecule has 0 spiro atoms. The van der Waals surface area contributed by atoms with Crippen molar-refractivity contribution in [1.29, 1.82) is 0 Å². The number of anilines is 2. The first-order chi connectivity index (χ1) is 15.8. The number of halogens is 3. The van der Waals surface area contributed by atoms with E-state index >= 15 is 0 Å². The van der Waals surface area contributed by atoms with Gasteiger partial charge in [0.25, 0.3) is 5.91 Å². The summed E-state index contributed by atoms with van der Waals surface area (Å²) in [7, 11) is 0. The molecule has 0 aromatic carbocycles. The Morgan fingerprint density at radius 2 is 1.97 bits per heavy atom. The number of nitrogens with one attached hydrogen (secondary N) is 1. The maximum absolute atomic E-state index is 13.0. The van der Waals surface area contributed by atoms with E-state index in [-0.39, 0.29) is 24.0 Å². The van der Waals surface area contributed by atoms with Gasteiger partial charge in [-0.1, -0.05) is 20.8 Å². The molecule has 34 heavy (non-hydrogen) atoms. The average Bonchev–Trinajstić information content (AvgIpc) is 3.30. The number of aryl methyl sites for hydroxylation is 1. The molecule has 0 unspecified atom stereocenters. The SMILES string of the molecule is Cc1cc(-c2cccnc2NC(=O)C(C)(C)C)nc2c1C(=O)N(c1cnn(CC(F)(F)F)c1)C2. The molecule has 0 saturated carbocycles. The number of carbonyl (C=O) groups excluding carboxylic acids is 2. The van der Waals surface area contributed by atoms with Crippen LogP contribution in [-0.2, 0) is 17.9 Å². The Hall–Kier alpha value is -3.76. The third-order valence-corrected chi connectivity index (χ3v) is 5.33. The Morgan fingerprint density at radius 3 is 2.65 bits per heavy atom. The molecule has 0 fully saturated rings. The second-order valence-electron chi connectivity index (χ2n) is 9.15. The topological polar surface area (TPSA) is 93.0 Å². The zero-order valence-electron chi connectivity index (χ0n) is 19.1. The number of hydrogen-bond donors (Lipinski definition) is 1. The molecule has 1 aliphatic heterocycles. The third-order valence-electron chi connectivity index (χ3n) is 5.33. The van der Waals surface area contributed by atoms with Crippen LogP contribution in [0.2, 0.25) is 0 Å². The number of amides is 2. The Kier molecular flexibility index (Phi) is 5.66. The predicted molar refractivity (Wildman–Crippen MR) is 119 cm³/mol. The van der Waals surface area contributed by atoms with Crippen LogP contribution in [0, 0.1) is 12.3 Å². The van der Waals surface area contributed by atoms with Crippen LogP contribution in [0.25, 0.3) is 11.3 Å². The number of alkyl halides is 3. The van der Waals surface area contributed by atoms with Crippen molar-refractivity contribution in [3.05, 3.63) is 53.6 Å². The van der Waals surface area contributed by atoms with E-state index in [0.717, 1.165) is 4.68 Å². The summed E-state index contributed by atoms with van der Waals surface area (Å²) in [6, 6.07) is 5.23. The first-order valence-corrected chi connectivity index (χ1v) is 10.5. The Bertz CT molecular complexity index is 1280. The van der Waals surface area contributed by atoms with Crippen LogP contribution in [-0.4, -0.2) is 37.7 Å². The molecule has 2 amide bonds. The largest absolute Gasteiger partial charge is 0.408 e. The smallest absolute Gasteiger partial charge is 0.310 e. The minimum Gasteiger partial charge on any atom is -0.310 e. The lowest BCUT2D eigenvalue weighted by Gasteiger charge is -2.18. The van der Waals surface area contributed by atoms with Gasteiger partial charge in [-0.05, 0) is 30.7 Å². The van der Waals surface area contributed by atoms with Crippen LogP contribution in [0.15, 0.2) is 36.8 Å². The maximum Gasteiger partial charge on any atom is 0.408 e. The second kappa shape index (κ2) is 8.23. The van der Waals surface area contributed by atoms with Crippen LogP contribution < -0.4 is 10.2 Å². The standard InChI is InChI=1S/C23H23F3N6O2/c1-13-8-16(15-6-5-7-27-19(15)30-21(34)22(2,3)4)29-17-11-32(20(33)18(13)17)14-9-28-31(10-14)12-23(24,25)26/h5-10H,11-12H2,1-4H3,(H,27,30,34). The normalized spacial score (nSPS) is 13.9. The second-order valence-corrected chi connectivity index (χ2v) is 9.15. The fourth-order valence-electron chi connectivity index (χ4n) is 3.62. The van der Waals surface area contributed by atoms with Gasteiger partial charge in [-0.3, -0.25) is 19.2 Å². The fraction of sp³-hybridized carbons (Fsp3) is 0.348. The van der Waals surface area contributed by atoms with Gasteiger partial charge >= 0.3 is 6.18 Å². The van der Waals surface area contributed by atoms with Crippen molar-refractivity contribution in [3.8, 4) is 11.3 Å². The molecule has 4 rings (SSSR count). The molecule has 4 heterocycles. The lowest BCUT2D eigenvalue weighted by Crippen LogP contribution is -2.28. The van der Waals surface area contributed by atoms with Crippen molar-refractivity contribution < 1.29 is 22.8 Å². The van der Waals surface area contributed by atoms with Gasteiger partial charge in [0.15, 0.2) is 0 Å². The molecule has 3 aromatic rings. The molecule has 8 nitrogen and oxygen atoms in total. The average molecular weight is 472 g/mol. The van der Waals surface area contributed by atoms with Crippen LogP contribution in [0.1, 0.15) is 42.4 Å². The van der Waals surface area contributed by atoms with E-state index in [2.05, 4.69) is 20.4 Å². The lowest BCUT2D eigenvalue weighted by atomic mass is 9.95. The highest BCUT2D eigenvalue weighted by molar-refractivity contribution is 6.10. The van der Waals surface area contributed by atoms with E-state index in [1.807, 2.05) is 0 Å². The van der Waals surface area contributed by atoms with Crippen molar-refractivity contribution >= 4 is 23.3 Å². The van der Waals surface area contributed by atoms with Crippen molar-refractivity contribution in [2.45, 2.75) is 47.0 Å². The molecular formula is C23H23F3N6O2. The van der Waals surface area contributed by atoms with E-state index in [1.54, 1.807) is 52.1 Å². The van der Waals surface area contributed by atoms with E-state index in [1.165, 1.54) is 17.3 Å². The van der Waals surface area contributed by atoms with E-state index in [0.29, 0.717) is 33.9 Å². The number of fused-ring (bicyclic) bond motifs is 1. The summed E-state index contributed by atoms with van der Waals surface area (Å²) in [5.41, 5.74) is 2.29. The van der Waals surface area contributed by atoms with Crippen molar-refractivity contribution in [2.75, 3.05) is 10.2 Å². The zero-order valence-corrected chi connectivity index (χ0v) is 19.1. The minimum absolute atomic E-state index is 0.0878. The van der Waals surface area contributed by atoms with Crippen LogP contribution in [0.4, 0.5) is 24.7 Å². The molecular weight excluding hydrogens is 449 g/mol. The molecule has 0 atom stereocenters. The van der Waals surface area contributed by atoms with Gasteiger partial charge in [0, 0.05) is 23.4 Å². The molecule has 0 radical (unpaired) electrons. The Morgan fingerprint density at radius 1 is 1.24 bits per heavy atom. The number of aromatic nitrogens is 4. The third kappa shape index (κ3) is 4.63. The van der Waals surface area contributed by atoms with Crippen molar-refractivity contribution in [2.24, 2.45) is 5.41 Å². The number of nitrogens with zero attached hydrogens (tertiary/aromatic N) is 5. The minimum atomic E-state index is -4.42. The molecule has 0 aliphatic carbocycles. The molecule has 11 heteroatoms. The van der Waals surface area contributed by atoms with Crippen molar-refractivity contribution in [1.82, 2.24) is 19.7 Å². The molecule has 1 aliphatic rings. The summed E-state index contributed by atoms with van der Waals surface area (Å²) in [4.78, 5) is 35.8. The first kappa shape index (κ1) is 23.4. The first-order valence-electron chi connectivity index (χ1n) is 10.5. The molecule has 1 N–H and O–H groups in total. The number of rotatable bonds is 4. The van der Waals surface area contributed by atoms with Gasteiger partial charge < -0.3 is 5.32 Å². The van der Waals surface area contributed by atoms with Gasteiger partial charge in [-0.25, -0.2) is 9.97 Å². The summed E-state index contributed by atoms with van der Waals surface area (Å²) >= 11 is 0. The summed E-state index contributed by atoms with van der Waals surface area (Å²) in [5, 5.41) is 6.55. The number of hydrogen-bond acceptors (Lipinski definition) is 5. The summed E-state index contributed by atoms with van der Waals surface area (Å²) in [6.45, 7) is 5.99. The summed E-state index contributed by atoms with van der Waals surface area (Å²) < 4.78 is 38.8. The predicted octanol–water partition coefficient (Wildman–Crippen LogP) is 4.36. The molecule has 3 aromatic heterocycles. The van der Waals surface area contributed by atoms with E-state index < -0.39 is 18.1 Å². The van der Waals surface area contributed by atoms with Gasteiger partial charge in [-0.2, -0.15) is 18.3 Å². The Balaban J connectivity index is 1.66. The summed E-state index contributed by atoms with van der Waals surface area (Å²) in [5.74, 6) is -0.211. The molecule has 0 bridgehead atoms. The van der Waals surface area contributed by atoms with Gasteiger partial charge in [-0.15, -0.1) is 0 Å². The molecule has 178 valence electrons. The fourth-order valence-corrected chi connectivity index (χ4v) is 3.62. The van der Waals surface area contributed by atoms with Gasteiger partial charge in [0.2, 0.25) is 5.91 Å². The quantitative estimate of drug-likeness (QED) is 0.609. The van der Waals surface area contributed by atoms with E-state index in [9.17, 15) is 22.8 Å². The van der Waals surface area contributed by atoms with Crippen LogP contribution in [0.3, 0.4) is 0 Å².